The number of hydrogen-bond donors (Lipinski definition) is 1. The highest BCUT2D eigenvalue weighted by atomic mass is 16.5. The van der Waals surface area contributed by atoms with E-state index in [-0.39, 0.29) is 37.4 Å². The molecule has 0 aromatic heterocycles. The van der Waals surface area contributed by atoms with Gasteiger partial charge in [0.2, 0.25) is 11.8 Å². The average molecular weight is 512 g/mol. The second kappa shape index (κ2) is 10.3. The maximum atomic E-state index is 14.3. The van der Waals surface area contributed by atoms with Crippen LogP contribution >= 0.6 is 0 Å². The standard InChI is InChI=1S/C28H37N3O6/c1-6-15-29(4)24(33)21-22-25(34)31(17-18-32)23(28(22)14-13-27(21,8-3)37-28)26(35)30(16-7-2)19-9-11-20(36-5)12-10-19/h6-7,9-12,21-23,32H,1-2,8,13-18H2,3-5H3/t21-,22+,23?,27+,28?/m1/s1. The number of methoxy groups -OCH3 is 1. The molecule has 3 aliphatic heterocycles. The van der Waals surface area contributed by atoms with Gasteiger partial charge in [-0.3, -0.25) is 14.4 Å². The van der Waals surface area contributed by atoms with E-state index in [1.807, 2.05) is 6.92 Å². The van der Waals surface area contributed by atoms with Crippen LogP contribution in [-0.4, -0.2) is 90.3 Å². The van der Waals surface area contributed by atoms with Crippen molar-refractivity contribution < 1.29 is 29.0 Å². The molecule has 3 aliphatic rings. The summed E-state index contributed by atoms with van der Waals surface area (Å²) in [6.07, 6.45) is 4.87. The molecule has 0 saturated carbocycles. The van der Waals surface area contributed by atoms with E-state index >= 15 is 0 Å². The largest absolute Gasteiger partial charge is 0.497 e. The number of benzene rings is 1. The Morgan fingerprint density at radius 1 is 1.19 bits per heavy atom. The highest BCUT2D eigenvalue weighted by Gasteiger charge is 2.78. The molecule has 9 heteroatoms. The van der Waals surface area contributed by atoms with Crippen LogP contribution in [0.5, 0.6) is 5.75 Å². The number of amides is 3. The maximum Gasteiger partial charge on any atom is 0.253 e. The van der Waals surface area contributed by atoms with Gasteiger partial charge in [0.1, 0.15) is 17.4 Å². The third-order valence-corrected chi connectivity index (χ3v) is 8.26. The summed E-state index contributed by atoms with van der Waals surface area (Å²) in [5.74, 6) is -1.69. The number of nitrogens with zero attached hydrogens (tertiary/aromatic N) is 3. The fourth-order valence-electron chi connectivity index (χ4n) is 6.60. The van der Waals surface area contributed by atoms with E-state index in [4.69, 9.17) is 9.47 Å². The summed E-state index contributed by atoms with van der Waals surface area (Å²) in [5.41, 5.74) is -1.35. The molecule has 3 saturated heterocycles. The molecule has 0 radical (unpaired) electrons. The van der Waals surface area contributed by atoms with Crippen molar-refractivity contribution in [1.29, 1.82) is 0 Å². The van der Waals surface area contributed by atoms with E-state index in [2.05, 4.69) is 13.2 Å². The number of ether oxygens (including phenoxy) is 2. The predicted molar refractivity (Wildman–Crippen MR) is 139 cm³/mol. The number of aliphatic hydroxyl groups excluding tert-OH is 1. The summed E-state index contributed by atoms with van der Waals surface area (Å²) < 4.78 is 12.0. The van der Waals surface area contributed by atoms with Crippen LogP contribution < -0.4 is 9.64 Å². The minimum absolute atomic E-state index is 0.0239. The minimum atomic E-state index is -1.15. The Balaban J connectivity index is 1.79. The molecule has 0 aliphatic carbocycles. The molecule has 1 N–H and O–H groups in total. The van der Waals surface area contributed by atoms with Crippen LogP contribution in [-0.2, 0) is 19.1 Å². The van der Waals surface area contributed by atoms with Crippen molar-refractivity contribution in [2.24, 2.45) is 11.8 Å². The molecule has 2 bridgehead atoms. The van der Waals surface area contributed by atoms with Gasteiger partial charge in [-0.05, 0) is 43.5 Å². The Morgan fingerprint density at radius 2 is 1.86 bits per heavy atom. The number of rotatable bonds is 11. The van der Waals surface area contributed by atoms with Gasteiger partial charge >= 0.3 is 0 Å². The smallest absolute Gasteiger partial charge is 0.253 e. The Morgan fingerprint density at radius 3 is 2.43 bits per heavy atom. The molecule has 37 heavy (non-hydrogen) atoms. The fraction of sp³-hybridized carbons (Fsp3) is 0.536. The molecule has 3 amide bonds. The third kappa shape index (κ3) is 4.05. The Hall–Kier alpha value is -3.17. The van der Waals surface area contributed by atoms with Gasteiger partial charge in [0, 0.05) is 32.4 Å². The van der Waals surface area contributed by atoms with Crippen molar-refractivity contribution in [2.75, 3.05) is 45.3 Å². The number of anilines is 1. The van der Waals surface area contributed by atoms with Gasteiger partial charge in [0.15, 0.2) is 0 Å². The van der Waals surface area contributed by atoms with Crippen LogP contribution in [0.25, 0.3) is 0 Å². The maximum absolute atomic E-state index is 14.3. The van der Waals surface area contributed by atoms with Gasteiger partial charge in [0.25, 0.3) is 5.91 Å². The monoisotopic (exact) mass is 511 g/mol. The topological polar surface area (TPSA) is 99.6 Å². The minimum Gasteiger partial charge on any atom is -0.497 e. The van der Waals surface area contributed by atoms with Crippen LogP contribution in [0.1, 0.15) is 26.2 Å². The molecule has 2 unspecified atom stereocenters. The number of hydrogen-bond acceptors (Lipinski definition) is 6. The van der Waals surface area contributed by atoms with E-state index in [0.29, 0.717) is 37.2 Å². The van der Waals surface area contributed by atoms with Crippen LogP contribution in [0.4, 0.5) is 5.69 Å². The lowest BCUT2D eigenvalue weighted by atomic mass is 9.64. The molecule has 5 atom stereocenters. The van der Waals surface area contributed by atoms with Gasteiger partial charge in [-0.1, -0.05) is 19.1 Å². The number of carbonyl (C=O) groups excluding carboxylic acids is 3. The molecule has 1 aromatic carbocycles. The first kappa shape index (κ1) is 26.9. The zero-order chi connectivity index (χ0) is 27.0. The quantitative estimate of drug-likeness (QED) is 0.457. The number of carbonyl (C=O) groups is 3. The summed E-state index contributed by atoms with van der Waals surface area (Å²) in [5, 5.41) is 9.85. The van der Waals surface area contributed by atoms with Gasteiger partial charge in [0.05, 0.1) is 31.2 Å². The van der Waals surface area contributed by atoms with Gasteiger partial charge in [-0.25, -0.2) is 0 Å². The van der Waals surface area contributed by atoms with E-state index in [1.165, 1.54) is 4.90 Å². The number of aliphatic hydroxyl groups is 1. The lowest BCUT2D eigenvalue weighted by Gasteiger charge is -2.36. The Labute approximate surface area is 218 Å². The van der Waals surface area contributed by atoms with Crippen LogP contribution in [0.15, 0.2) is 49.6 Å². The molecular weight excluding hydrogens is 474 g/mol. The lowest BCUT2D eigenvalue weighted by Crippen LogP contribution is -2.57. The average Bonchev–Trinajstić information content (AvgIpc) is 3.51. The number of likely N-dealkylation sites (tertiary alicyclic amines) is 1. The molecule has 200 valence electrons. The van der Waals surface area contributed by atoms with E-state index in [1.54, 1.807) is 60.4 Å². The lowest BCUT2D eigenvalue weighted by molar-refractivity contribution is -0.150. The van der Waals surface area contributed by atoms with Crippen LogP contribution in [0.3, 0.4) is 0 Å². The number of fused-ring (bicyclic) bond motifs is 1. The van der Waals surface area contributed by atoms with Gasteiger partial charge in [-0.15, -0.1) is 13.2 Å². The normalized spacial score (nSPS) is 29.7. The van der Waals surface area contributed by atoms with Gasteiger partial charge < -0.3 is 29.3 Å². The molecule has 1 spiro atoms. The summed E-state index contributed by atoms with van der Waals surface area (Å²) in [7, 11) is 3.26. The first-order valence-electron chi connectivity index (χ1n) is 12.8. The predicted octanol–water partition coefficient (Wildman–Crippen LogP) is 2.01. The molecule has 1 aromatic rings. The van der Waals surface area contributed by atoms with Crippen LogP contribution in [0, 0.1) is 11.8 Å². The zero-order valence-electron chi connectivity index (χ0n) is 21.9. The van der Waals surface area contributed by atoms with Crippen molar-refractivity contribution in [1.82, 2.24) is 9.80 Å². The molecular formula is C28H37N3O6. The SMILES string of the molecule is C=CCN(C)C(=O)[C@H]1[C@H]2C(=O)N(CCO)C(C(=O)N(CC=C)c3ccc(OC)cc3)C23CC[C@]1(CC)O3. The fourth-order valence-corrected chi connectivity index (χ4v) is 6.60. The first-order chi connectivity index (χ1) is 17.7. The summed E-state index contributed by atoms with van der Waals surface area (Å²) >= 11 is 0. The second-order valence-corrected chi connectivity index (χ2v) is 10.0. The molecule has 3 heterocycles. The first-order valence-corrected chi connectivity index (χ1v) is 12.8. The number of β-amino-alcohol motifs (C(OH)–C–C–N with tert-alkyl or cyclic N) is 1. The third-order valence-electron chi connectivity index (χ3n) is 8.26. The summed E-state index contributed by atoms with van der Waals surface area (Å²) in [6.45, 7) is 9.73. The Bertz CT molecular complexity index is 1070. The zero-order valence-corrected chi connectivity index (χ0v) is 21.9. The van der Waals surface area contributed by atoms with Crippen molar-refractivity contribution >= 4 is 23.4 Å². The van der Waals surface area contributed by atoms with Crippen molar-refractivity contribution in [3.8, 4) is 5.75 Å². The molecule has 3 fully saturated rings. The van der Waals surface area contributed by atoms with Gasteiger partial charge in [-0.2, -0.15) is 0 Å². The van der Waals surface area contributed by atoms with Crippen molar-refractivity contribution in [2.45, 2.75) is 43.4 Å². The van der Waals surface area contributed by atoms with Crippen molar-refractivity contribution in [3.63, 3.8) is 0 Å². The van der Waals surface area contributed by atoms with Crippen molar-refractivity contribution in [3.05, 3.63) is 49.6 Å². The Kier molecular flexibility index (Phi) is 7.48. The highest BCUT2D eigenvalue weighted by molar-refractivity contribution is 6.05. The van der Waals surface area contributed by atoms with E-state index in [9.17, 15) is 19.5 Å². The molecule has 4 rings (SSSR count). The number of likely N-dealkylation sites (N-methyl/N-ethyl adjacent to an activating group) is 1. The second-order valence-electron chi connectivity index (χ2n) is 10.0. The van der Waals surface area contributed by atoms with E-state index in [0.717, 1.165) is 0 Å². The molecule has 9 nitrogen and oxygen atoms in total. The van der Waals surface area contributed by atoms with Crippen LogP contribution in [0.2, 0.25) is 0 Å². The summed E-state index contributed by atoms with van der Waals surface area (Å²) in [6, 6.07) is 6.10. The highest BCUT2D eigenvalue weighted by Crippen LogP contribution is 2.64. The summed E-state index contributed by atoms with van der Waals surface area (Å²) in [4.78, 5) is 46.5. The van der Waals surface area contributed by atoms with E-state index < -0.39 is 29.1 Å².